The second-order valence-electron chi connectivity index (χ2n) is 7.21. The molecule has 0 aliphatic carbocycles. The van der Waals surface area contributed by atoms with E-state index >= 15 is 0 Å². The standard InChI is InChI=1S/C24H21Cl2NO3S/c1-15-3-5-16(6-4-15)13-30-23-20(26)11-17(12-21(23)29-2)24-27(22(28)14-31-24)19-9-7-18(25)8-10-19/h3-12,24H,13-14H2,1-2H3/t24-/m0/s1. The number of benzene rings is 3. The molecular weight excluding hydrogens is 453 g/mol. The zero-order valence-corrected chi connectivity index (χ0v) is 19.4. The Hall–Kier alpha value is -2.34. The minimum Gasteiger partial charge on any atom is -0.493 e. The molecule has 1 fully saturated rings. The number of carbonyl (C=O) groups excluding carboxylic acids is 1. The highest BCUT2D eigenvalue weighted by molar-refractivity contribution is 8.00. The van der Waals surface area contributed by atoms with Crippen molar-refractivity contribution in [2.75, 3.05) is 17.8 Å². The van der Waals surface area contributed by atoms with Crippen molar-refractivity contribution in [3.05, 3.63) is 87.4 Å². The van der Waals surface area contributed by atoms with Crippen LogP contribution in [0.1, 0.15) is 22.1 Å². The van der Waals surface area contributed by atoms with Gasteiger partial charge in [0.05, 0.1) is 17.9 Å². The first-order valence-corrected chi connectivity index (χ1v) is 11.5. The Labute approximate surface area is 196 Å². The predicted octanol–water partition coefficient (Wildman–Crippen LogP) is 6.67. The SMILES string of the molecule is COc1cc([C@@H]2SCC(=O)N2c2ccc(Cl)cc2)cc(Cl)c1OCc1ccc(C)cc1. The molecule has 4 rings (SSSR count). The third-order valence-corrected chi connectivity index (χ3v) is 6.76. The summed E-state index contributed by atoms with van der Waals surface area (Å²) < 4.78 is 11.6. The second-order valence-corrected chi connectivity index (χ2v) is 9.12. The highest BCUT2D eigenvalue weighted by atomic mass is 35.5. The second kappa shape index (κ2) is 9.43. The van der Waals surface area contributed by atoms with Crippen molar-refractivity contribution in [2.24, 2.45) is 0 Å². The van der Waals surface area contributed by atoms with E-state index in [2.05, 4.69) is 0 Å². The van der Waals surface area contributed by atoms with Crippen LogP contribution < -0.4 is 14.4 Å². The van der Waals surface area contributed by atoms with E-state index in [-0.39, 0.29) is 11.3 Å². The van der Waals surface area contributed by atoms with Crippen LogP contribution in [0.5, 0.6) is 11.5 Å². The molecule has 160 valence electrons. The predicted molar refractivity (Wildman–Crippen MR) is 128 cm³/mol. The first-order valence-electron chi connectivity index (χ1n) is 9.71. The van der Waals surface area contributed by atoms with Crippen LogP contribution in [-0.4, -0.2) is 18.8 Å². The number of rotatable bonds is 6. The number of nitrogens with zero attached hydrogens (tertiary/aromatic N) is 1. The molecule has 4 nitrogen and oxygen atoms in total. The van der Waals surface area contributed by atoms with Crippen molar-refractivity contribution < 1.29 is 14.3 Å². The summed E-state index contributed by atoms with van der Waals surface area (Å²) in [5.41, 5.74) is 3.89. The van der Waals surface area contributed by atoms with Gasteiger partial charge in [0.25, 0.3) is 0 Å². The zero-order valence-electron chi connectivity index (χ0n) is 17.1. The molecule has 0 saturated carbocycles. The van der Waals surface area contributed by atoms with Gasteiger partial charge in [0, 0.05) is 10.7 Å². The third kappa shape index (κ3) is 4.79. The minimum atomic E-state index is -0.216. The summed E-state index contributed by atoms with van der Waals surface area (Å²) in [4.78, 5) is 14.4. The van der Waals surface area contributed by atoms with Gasteiger partial charge < -0.3 is 9.47 Å². The van der Waals surface area contributed by atoms with Crippen LogP contribution in [0.15, 0.2) is 60.7 Å². The zero-order chi connectivity index (χ0) is 22.0. The molecular formula is C24H21Cl2NO3S. The molecule has 1 saturated heterocycles. The van der Waals surface area contributed by atoms with Crippen LogP contribution in [0.3, 0.4) is 0 Å². The van der Waals surface area contributed by atoms with E-state index in [0.717, 1.165) is 16.8 Å². The molecule has 1 aliphatic rings. The monoisotopic (exact) mass is 473 g/mol. The maximum atomic E-state index is 12.6. The van der Waals surface area contributed by atoms with E-state index in [0.29, 0.717) is 33.9 Å². The number of carbonyl (C=O) groups is 1. The summed E-state index contributed by atoms with van der Waals surface area (Å²) in [5, 5.41) is 0.850. The topological polar surface area (TPSA) is 38.8 Å². The normalized spacial score (nSPS) is 15.9. The van der Waals surface area contributed by atoms with Gasteiger partial charge in [-0.1, -0.05) is 53.0 Å². The maximum absolute atomic E-state index is 12.6. The fourth-order valence-corrected chi connectivity index (χ4v) is 4.97. The molecule has 1 amide bonds. The van der Waals surface area contributed by atoms with Gasteiger partial charge in [-0.05, 0) is 54.4 Å². The summed E-state index contributed by atoms with van der Waals surface area (Å²) >= 11 is 14.2. The van der Waals surface area contributed by atoms with Gasteiger partial charge in [-0.15, -0.1) is 11.8 Å². The quantitative estimate of drug-likeness (QED) is 0.400. The molecule has 1 atom stereocenters. The number of anilines is 1. The summed E-state index contributed by atoms with van der Waals surface area (Å²) in [7, 11) is 1.58. The van der Waals surface area contributed by atoms with Crippen LogP contribution >= 0.6 is 35.0 Å². The Morgan fingerprint density at radius 3 is 2.45 bits per heavy atom. The van der Waals surface area contributed by atoms with Crippen LogP contribution in [0.2, 0.25) is 10.0 Å². The average Bonchev–Trinajstić information content (AvgIpc) is 3.15. The Bertz CT molecular complexity index is 1090. The lowest BCUT2D eigenvalue weighted by Crippen LogP contribution is -2.27. The van der Waals surface area contributed by atoms with Gasteiger partial charge in [0.15, 0.2) is 11.5 Å². The third-order valence-electron chi connectivity index (χ3n) is 5.01. The molecule has 3 aromatic rings. The van der Waals surface area contributed by atoms with Crippen molar-refractivity contribution in [1.82, 2.24) is 0 Å². The minimum absolute atomic E-state index is 0.0344. The van der Waals surface area contributed by atoms with Crippen LogP contribution in [0, 0.1) is 6.92 Å². The first-order chi connectivity index (χ1) is 15.0. The highest BCUT2D eigenvalue weighted by Crippen LogP contribution is 2.46. The number of halogens is 2. The summed E-state index contributed by atoms with van der Waals surface area (Å²) in [6.45, 7) is 2.42. The lowest BCUT2D eigenvalue weighted by molar-refractivity contribution is -0.115. The molecule has 0 aromatic heterocycles. The van der Waals surface area contributed by atoms with Gasteiger partial charge in [-0.25, -0.2) is 0 Å². The number of amides is 1. The van der Waals surface area contributed by atoms with Crippen molar-refractivity contribution >= 4 is 46.6 Å². The van der Waals surface area contributed by atoms with Crippen LogP contribution in [0.4, 0.5) is 5.69 Å². The first kappa shape index (κ1) is 21.9. The highest BCUT2D eigenvalue weighted by Gasteiger charge is 2.35. The number of methoxy groups -OCH3 is 1. The molecule has 0 spiro atoms. The molecule has 0 N–H and O–H groups in total. The number of ether oxygens (including phenoxy) is 2. The molecule has 31 heavy (non-hydrogen) atoms. The largest absolute Gasteiger partial charge is 0.493 e. The van der Waals surface area contributed by atoms with E-state index < -0.39 is 0 Å². The van der Waals surface area contributed by atoms with Gasteiger partial charge in [0.2, 0.25) is 5.91 Å². The fraction of sp³-hybridized carbons (Fsp3) is 0.208. The van der Waals surface area contributed by atoms with Crippen molar-refractivity contribution in [1.29, 1.82) is 0 Å². The van der Waals surface area contributed by atoms with Crippen molar-refractivity contribution in [2.45, 2.75) is 18.9 Å². The van der Waals surface area contributed by atoms with Gasteiger partial charge in [-0.3, -0.25) is 9.69 Å². The average molecular weight is 474 g/mol. The van der Waals surface area contributed by atoms with E-state index in [1.165, 1.54) is 5.56 Å². The van der Waals surface area contributed by atoms with Crippen LogP contribution in [-0.2, 0) is 11.4 Å². The van der Waals surface area contributed by atoms with E-state index in [9.17, 15) is 4.79 Å². The molecule has 7 heteroatoms. The lowest BCUT2D eigenvalue weighted by Gasteiger charge is -2.25. The van der Waals surface area contributed by atoms with Crippen LogP contribution in [0.25, 0.3) is 0 Å². The Balaban J connectivity index is 1.61. The molecule has 0 bridgehead atoms. The fourth-order valence-electron chi connectivity index (χ4n) is 3.41. The summed E-state index contributed by atoms with van der Waals surface area (Å²) in [6, 6.07) is 19.1. The number of hydrogen-bond donors (Lipinski definition) is 0. The number of hydrogen-bond acceptors (Lipinski definition) is 4. The van der Waals surface area contributed by atoms with Crippen molar-refractivity contribution in [3.8, 4) is 11.5 Å². The molecule has 3 aromatic carbocycles. The summed E-state index contributed by atoms with van der Waals surface area (Å²) in [5.74, 6) is 1.44. The van der Waals surface area contributed by atoms with E-state index in [1.54, 1.807) is 35.9 Å². The summed E-state index contributed by atoms with van der Waals surface area (Å²) in [6.07, 6.45) is 0. The number of aryl methyl sites for hydroxylation is 1. The molecule has 0 unspecified atom stereocenters. The Kier molecular flexibility index (Phi) is 6.65. The smallest absolute Gasteiger partial charge is 0.238 e. The Morgan fingerprint density at radius 2 is 1.77 bits per heavy atom. The van der Waals surface area contributed by atoms with Gasteiger partial charge >= 0.3 is 0 Å². The van der Waals surface area contributed by atoms with Gasteiger partial charge in [-0.2, -0.15) is 0 Å². The van der Waals surface area contributed by atoms with E-state index in [4.69, 9.17) is 32.7 Å². The Morgan fingerprint density at radius 1 is 1.06 bits per heavy atom. The van der Waals surface area contributed by atoms with Crippen molar-refractivity contribution in [3.63, 3.8) is 0 Å². The molecule has 0 radical (unpaired) electrons. The maximum Gasteiger partial charge on any atom is 0.238 e. The lowest BCUT2D eigenvalue weighted by atomic mass is 10.1. The van der Waals surface area contributed by atoms with Gasteiger partial charge in [0.1, 0.15) is 12.0 Å². The van der Waals surface area contributed by atoms with E-state index in [1.807, 2.05) is 55.5 Å². The number of thioether (sulfide) groups is 1. The molecule has 1 heterocycles. The molecule has 1 aliphatic heterocycles.